The zero-order valence-corrected chi connectivity index (χ0v) is 17.1. The maximum atomic E-state index is 12.9. The van der Waals surface area contributed by atoms with Crippen LogP contribution in [0.25, 0.3) is 10.6 Å². The van der Waals surface area contributed by atoms with Crippen LogP contribution in [-0.2, 0) is 11.0 Å². The molecule has 1 aromatic heterocycles. The Balaban J connectivity index is 1.40. The number of rotatable bonds is 3. The molecule has 0 bridgehead atoms. The quantitative estimate of drug-likeness (QED) is 0.719. The van der Waals surface area contributed by atoms with Gasteiger partial charge in [-0.2, -0.15) is 13.2 Å². The fourth-order valence-corrected chi connectivity index (χ4v) is 4.81. The van der Waals surface area contributed by atoms with Gasteiger partial charge in [0.25, 0.3) is 5.91 Å². The highest BCUT2D eigenvalue weighted by molar-refractivity contribution is 7.13. The Morgan fingerprint density at radius 2 is 1.73 bits per heavy atom. The molecule has 9 heteroatoms. The van der Waals surface area contributed by atoms with Crippen molar-refractivity contribution in [2.45, 2.75) is 31.9 Å². The van der Waals surface area contributed by atoms with Crippen molar-refractivity contribution in [1.82, 2.24) is 14.8 Å². The zero-order valence-electron chi connectivity index (χ0n) is 16.3. The van der Waals surface area contributed by atoms with Crippen LogP contribution >= 0.6 is 11.3 Å². The molecule has 30 heavy (non-hydrogen) atoms. The summed E-state index contributed by atoms with van der Waals surface area (Å²) in [4.78, 5) is 33.2. The normalized spacial score (nSPS) is 18.1. The molecular formula is C21H22F3N3O2S. The van der Waals surface area contributed by atoms with Crippen LogP contribution in [0.2, 0.25) is 0 Å². The molecular weight excluding hydrogens is 415 g/mol. The molecule has 2 amide bonds. The van der Waals surface area contributed by atoms with E-state index < -0.39 is 11.7 Å². The maximum absolute atomic E-state index is 12.9. The average Bonchev–Trinajstić information content (AvgIpc) is 3.45. The van der Waals surface area contributed by atoms with E-state index in [2.05, 4.69) is 4.98 Å². The predicted octanol–water partition coefficient (Wildman–Crippen LogP) is 4.30. The molecule has 0 atom stereocenters. The predicted molar refractivity (Wildman–Crippen MR) is 107 cm³/mol. The number of nitrogens with zero attached hydrogens (tertiary/aromatic N) is 3. The van der Waals surface area contributed by atoms with Gasteiger partial charge in [-0.3, -0.25) is 9.59 Å². The first-order valence-electron chi connectivity index (χ1n) is 10.0. The Hall–Kier alpha value is -2.42. The molecule has 0 N–H and O–H groups in total. The third kappa shape index (κ3) is 4.35. The highest BCUT2D eigenvalue weighted by Gasteiger charge is 2.33. The fraction of sp³-hybridized carbons (Fsp3) is 0.476. The van der Waals surface area contributed by atoms with Crippen LogP contribution in [0.15, 0.2) is 29.6 Å². The van der Waals surface area contributed by atoms with Crippen molar-refractivity contribution in [3.05, 3.63) is 40.9 Å². The van der Waals surface area contributed by atoms with Crippen molar-refractivity contribution in [3.8, 4) is 10.6 Å². The van der Waals surface area contributed by atoms with Gasteiger partial charge in [0.05, 0.1) is 5.56 Å². The summed E-state index contributed by atoms with van der Waals surface area (Å²) in [6.45, 7) is 2.63. The number of benzene rings is 1. The SMILES string of the molecule is O=C(c1csc(-c2cccc(C(F)(F)F)c2)n1)N1CCC(C(=O)N2CCCC2)CC1. The molecule has 0 saturated carbocycles. The second-order valence-electron chi connectivity index (χ2n) is 7.72. The lowest BCUT2D eigenvalue weighted by atomic mass is 9.95. The lowest BCUT2D eigenvalue weighted by molar-refractivity contribution is -0.137. The second kappa shape index (κ2) is 8.37. The first-order valence-corrected chi connectivity index (χ1v) is 10.9. The molecule has 1 aromatic carbocycles. The van der Waals surface area contributed by atoms with Gasteiger partial charge in [0.1, 0.15) is 10.7 Å². The number of piperidine rings is 1. The Labute approximate surface area is 176 Å². The van der Waals surface area contributed by atoms with E-state index >= 15 is 0 Å². The third-order valence-corrected chi connectivity index (χ3v) is 6.60. The lowest BCUT2D eigenvalue weighted by Crippen LogP contribution is -2.43. The monoisotopic (exact) mass is 437 g/mol. The molecule has 0 radical (unpaired) electrons. The van der Waals surface area contributed by atoms with Crippen LogP contribution in [0.5, 0.6) is 0 Å². The topological polar surface area (TPSA) is 53.5 Å². The molecule has 2 aliphatic rings. The summed E-state index contributed by atoms with van der Waals surface area (Å²) in [6, 6.07) is 4.94. The molecule has 2 saturated heterocycles. The van der Waals surface area contributed by atoms with Crippen molar-refractivity contribution in [1.29, 1.82) is 0 Å². The minimum absolute atomic E-state index is 0.0387. The number of amides is 2. The minimum Gasteiger partial charge on any atom is -0.342 e. The molecule has 3 heterocycles. The third-order valence-electron chi connectivity index (χ3n) is 5.71. The molecule has 2 fully saturated rings. The summed E-state index contributed by atoms with van der Waals surface area (Å²) in [5.41, 5.74) is -0.173. The van der Waals surface area contributed by atoms with Gasteiger partial charge >= 0.3 is 6.18 Å². The van der Waals surface area contributed by atoms with Crippen LogP contribution in [-0.4, -0.2) is 52.8 Å². The zero-order chi connectivity index (χ0) is 21.3. The van der Waals surface area contributed by atoms with Gasteiger partial charge in [-0.25, -0.2) is 4.98 Å². The standard InChI is InChI=1S/C21H22F3N3O2S/c22-21(23,24)16-5-3-4-15(12-16)18-25-17(13-30-18)20(29)27-10-6-14(7-11-27)19(28)26-8-1-2-9-26/h3-5,12-14H,1-2,6-11H2. The Morgan fingerprint density at radius 1 is 1.03 bits per heavy atom. The minimum atomic E-state index is -4.43. The number of thiazole rings is 1. The van der Waals surface area contributed by atoms with Crippen LogP contribution in [0.1, 0.15) is 41.7 Å². The largest absolute Gasteiger partial charge is 0.416 e. The van der Waals surface area contributed by atoms with E-state index in [0.717, 1.165) is 49.4 Å². The average molecular weight is 437 g/mol. The number of aromatic nitrogens is 1. The molecule has 0 spiro atoms. The van der Waals surface area contributed by atoms with E-state index in [9.17, 15) is 22.8 Å². The van der Waals surface area contributed by atoms with E-state index in [-0.39, 0.29) is 23.4 Å². The van der Waals surface area contributed by atoms with E-state index in [0.29, 0.717) is 36.5 Å². The summed E-state index contributed by atoms with van der Waals surface area (Å²) in [7, 11) is 0. The van der Waals surface area contributed by atoms with Crippen LogP contribution in [0, 0.1) is 5.92 Å². The number of carbonyl (C=O) groups is 2. The number of halogens is 3. The van der Waals surface area contributed by atoms with Gasteiger partial charge in [0.15, 0.2) is 0 Å². The maximum Gasteiger partial charge on any atom is 0.416 e. The van der Waals surface area contributed by atoms with E-state index in [1.54, 1.807) is 16.3 Å². The molecule has 2 aliphatic heterocycles. The van der Waals surface area contributed by atoms with Gasteiger partial charge in [-0.1, -0.05) is 12.1 Å². The van der Waals surface area contributed by atoms with E-state index in [4.69, 9.17) is 0 Å². The molecule has 5 nitrogen and oxygen atoms in total. The lowest BCUT2D eigenvalue weighted by Gasteiger charge is -2.32. The molecule has 160 valence electrons. The summed E-state index contributed by atoms with van der Waals surface area (Å²) >= 11 is 1.15. The number of carbonyl (C=O) groups excluding carboxylic acids is 2. The van der Waals surface area contributed by atoms with Crippen LogP contribution < -0.4 is 0 Å². The number of alkyl halides is 3. The Kier molecular flexibility index (Phi) is 5.81. The smallest absolute Gasteiger partial charge is 0.342 e. The molecule has 0 aliphatic carbocycles. The summed E-state index contributed by atoms with van der Waals surface area (Å²) in [5, 5.41) is 1.96. The van der Waals surface area contributed by atoms with Crippen molar-refractivity contribution in [2.75, 3.05) is 26.2 Å². The molecule has 4 rings (SSSR count). The van der Waals surface area contributed by atoms with Crippen molar-refractivity contribution < 1.29 is 22.8 Å². The highest BCUT2D eigenvalue weighted by Crippen LogP contribution is 2.33. The summed E-state index contributed by atoms with van der Waals surface area (Å²) in [6.07, 6.45) is -1.05. The number of hydrogen-bond acceptors (Lipinski definition) is 4. The van der Waals surface area contributed by atoms with Gasteiger partial charge < -0.3 is 9.80 Å². The van der Waals surface area contributed by atoms with Gasteiger partial charge in [0, 0.05) is 43.0 Å². The summed E-state index contributed by atoms with van der Waals surface area (Å²) in [5.74, 6) is -0.0834. The summed E-state index contributed by atoms with van der Waals surface area (Å²) < 4.78 is 38.8. The van der Waals surface area contributed by atoms with E-state index in [1.165, 1.54) is 6.07 Å². The van der Waals surface area contributed by atoms with Gasteiger partial charge in [0.2, 0.25) is 5.91 Å². The van der Waals surface area contributed by atoms with Crippen LogP contribution in [0.3, 0.4) is 0 Å². The number of hydrogen-bond donors (Lipinski definition) is 0. The van der Waals surface area contributed by atoms with E-state index in [1.807, 2.05) is 4.90 Å². The molecule has 2 aromatic rings. The second-order valence-corrected chi connectivity index (χ2v) is 8.57. The Bertz CT molecular complexity index is 930. The Morgan fingerprint density at radius 3 is 2.40 bits per heavy atom. The highest BCUT2D eigenvalue weighted by atomic mass is 32.1. The van der Waals surface area contributed by atoms with Crippen molar-refractivity contribution in [2.24, 2.45) is 5.92 Å². The number of likely N-dealkylation sites (tertiary alicyclic amines) is 2. The van der Waals surface area contributed by atoms with Gasteiger partial charge in [-0.15, -0.1) is 11.3 Å². The first-order chi connectivity index (χ1) is 14.3. The van der Waals surface area contributed by atoms with Crippen molar-refractivity contribution >= 4 is 23.2 Å². The van der Waals surface area contributed by atoms with Crippen LogP contribution in [0.4, 0.5) is 13.2 Å². The van der Waals surface area contributed by atoms with Crippen molar-refractivity contribution in [3.63, 3.8) is 0 Å². The molecule has 0 unspecified atom stereocenters. The first kappa shape index (κ1) is 20.8. The van der Waals surface area contributed by atoms with Gasteiger partial charge in [-0.05, 0) is 37.8 Å². The fourth-order valence-electron chi connectivity index (χ4n) is 4.02.